The minimum Gasteiger partial charge on any atom is -0.428 e. The van der Waals surface area contributed by atoms with E-state index in [-0.39, 0.29) is 5.97 Å². The topological polar surface area (TPSA) is 26.3 Å². The van der Waals surface area contributed by atoms with Crippen LogP contribution in [-0.4, -0.2) is 5.97 Å². The van der Waals surface area contributed by atoms with Gasteiger partial charge in [-0.1, -0.05) is 18.2 Å². The van der Waals surface area contributed by atoms with Crippen LogP contribution in [0.15, 0.2) is 36.1 Å². The molecule has 2 heteroatoms. The van der Waals surface area contributed by atoms with Crippen LogP contribution < -0.4 is 0 Å². The minimum absolute atomic E-state index is 0.342. The summed E-state index contributed by atoms with van der Waals surface area (Å²) >= 11 is 0. The van der Waals surface area contributed by atoms with Gasteiger partial charge in [0.15, 0.2) is 0 Å². The Kier molecular flexibility index (Phi) is 2.28. The molecule has 0 aromatic heterocycles. The number of esters is 1. The molecule has 0 amide bonds. The molecule has 2 unspecified atom stereocenters. The van der Waals surface area contributed by atoms with Gasteiger partial charge < -0.3 is 4.74 Å². The number of ether oxygens (including phenoxy) is 1. The molecule has 0 saturated heterocycles. The average molecular weight is 190 g/mol. The summed E-state index contributed by atoms with van der Waals surface area (Å²) in [5.74, 6) is 1.45. The van der Waals surface area contributed by atoms with Gasteiger partial charge in [-0.2, -0.15) is 0 Å². The van der Waals surface area contributed by atoms with Crippen LogP contribution in [0.3, 0.4) is 0 Å². The van der Waals surface area contributed by atoms with Gasteiger partial charge in [0.05, 0.1) is 0 Å². The molecule has 14 heavy (non-hydrogen) atoms. The lowest BCUT2D eigenvalue weighted by molar-refractivity contribution is -0.134. The third-order valence-electron chi connectivity index (χ3n) is 3.02. The van der Waals surface area contributed by atoms with E-state index in [1.807, 2.05) is 0 Å². The van der Waals surface area contributed by atoms with Crippen molar-refractivity contribution in [1.29, 1.82) is 0 Å². The molecule has 0 aromatic rings. The van der Waals surface area contributed by atoms with Crippen LogP contribution in [0.1, 0.15) is 19.8 Å². The van der Waals surface area contributed by atoms with Crippen molar-refractivity contribution in [2.45, 2.75) is 19.8 Å². The largest absolute Gasteiger partial charge is 0.428 e. The Morgan fingerprint density at radius 3 is 3.00 bits per heavy atom. The molecule has 0 aromatic carbocycles. The molecule has 1 saturated carbocycles. The molecule has 0 aliphatic heterocycles. The van der Waals surface area contributed by atoms with Gasteiger partial charge in [0.25, 0.3) is 0 Å². The Bertz CT molecular complexity index is 336. The number of rotatable bonds is 2. The minimum atomic E-state index is -0.342. The quantitative estimate of drug-likeness (QED) is 0.380. The number of hydrogen-bond acceptors (Lipinski definition) is 2. The number of carbonyl (C=O) groups excluding carboxylic acids is 1. The molecule has 0 radical (unpaired) electrons. The van der Waals surface area contributed by atoms with Crippen molar-refractivity contribution in [3.05, 3.63) is 36.1 Å². The fraction of sp³-hybridized carbons (Fsp3) is 0.417. The summed E-state index contributed by atoms with van der Waals surface area (Å²) in [6.45, 7) is 5.45. The first-order chi connectivity index (χ1) is 6.74. The third kappa shape index (κ3) is 1.41. The fourth-order valence-corrected chi connectivity index (χ4v) is 2.31. The second kappa shape index (κ2) is 3.45. The number of carbonyl (C=O) groups is 1. The Balaban J connectivity index is 2.09. The van der Waals surface area contributed by atoms with Crippen molar-refractivity contribution < 1.29 is 9.53 Å². The first kappa shape index (κ1) is 9.25. The highest BCUT2D eigenvalue weighted by Crippen LogP contribution is 2.47. The zero-order chi connectivity index (χ0) is 10.1. The van der Waals surface area contributed by atoms with Gasteiger partial charge in [-0.25, -0.2) is 4.79 Å². The van der Waals surface area contributed by atoms with E-state index in [9.17, 15) is 4.79 Å². The Labute approximate surface area is 83.9 Å². The highest BCUT2D eigenvalue weighted by molar-refractivity contribution is 5.82. The lowest BCUT2D eigenvalue weighted by atomic mass is 10.00. The summed E-state index contributed by atoms with van der Waals surface area (Å²) in [6, 6.07) is 0. The smallest absolute Gasteiger partial charge is 0.335 e. The molecular weight excluding hydrogens is 176 g/mol. The summed E-state index contributed by atoms with van der Waals surface area (Å²) in [7, 11) is 0. The predicted molar refractivity (Wildman–Crippen MR) is 54.3 cm³/mol. The summed E-state index contributed by atoms with van der Waals surface area (Å²) in [5.41, 5.74) is 1.48. The van der Waals surface area contributed by atoms with Crippen molar-refractivity contribution in [2.24, 2.45) is 11.8 Å². The van der Waals surface area contributed by atoms with Gasteiger partial charge in [-0.05, 0) is 25.8 Å². The van der Waals surface area contributed by atoms with Crippen LogP contribution in [0.4, 0.5) is 0 Å². The predicted octanol–water partition coefficient (Wildman–Crippen LogP) is 2.59. The molecule has 0 N–H and O–H groups in total. The molecular formula is C12H14O2. The number of hydrogen-bond donors (Lipinski definition) is 0. The first-order valence-electron chi connectivity index (χ1n) is 4.95. The highest BCUT2D eigenvalue weighted by atomic mass is 16.5. The van der Waals surface area contributed by atoms with E-state index in [1.54, 1.807) is 0 Å². The fourth-order valence-electron chi connectivity index (χ4n) is 2.31. The summed E-state index contributed by atoms with van der Waals surface area (Å²) in [5, 5.41) is 0. The average Bonchev–Trinajstić information content (AvgIpc) is 2.75. The zero-order valence-corrected chi connectivity index (χ0v) is 8.32. The first-order valence-corrected chi connectivity index (χ1v) is 4.95. The van der Waals surface area contributed by atoms with Gasteiger partial charge in [0, 0.05) is 17.9 Å². The molecule has 74 valence electrons. The van der Waals surface area contributed by atoms with E-state index in [0.717, 1.165) is 18.6 Å². The van der Waals surface area contributed by atoms with Crippen LogP contribution in [0.25, 0.3) is 0 Å². The van der Waals surface area contributed by atoms with Crippen LogP contribution in [0.2, 0.25) is 0 Å². The molecule has 2 atom stereocenters. The van der Waals surface area contributed by atoms with Crippen LogP contribution in [-0.2, 0) is 9.53 Å². The summed E-state index contributed by atoms with van der Waals surface area (Å²) in [6.07, 6.45) is 7.62. The maximum absolute atomic E-state index is 11.0. The van der Waals surface area contributed by atoms with Crippen molar-refractivity contribution in [1.82, 2.24) is 0 Å². The lowest BCUT2D eigenvalue weighted by Crippen LogP contribution is -2.07. The molecule has 2 aliphatic rings. The van der Waals surface area contributed by atoms with Crippen molar-refractivity contribution in [2.75, 3.05) is 0 Å². The Hall–Kier alpha value is -1.31. The van der Waals surface area contributed by atoms with Gasteiger partial charge in [-0.3, -0.25) is 0 Å². The molecule has 0 spiro atoms. The van der Waals surface area contributed by atoms with E-state index in [1.165, 1.54) is 11.6 Å². The van der Waals surface area contributed by atoms with Crippen molar-refractivity contribution in [3.8, 4) is 0 Å². The summed E-state index contributed by atoms with van der Waals surface area (Å²) in [4.78, 5) is 11.0. The van der Waals surface area contributed by atoms with Crippen LogP contribution in [0, 0.1) is 11.8 Å². The Morgan fingerprint density at radius 2 is 2.50 bits per heavy atom. The summed E-state index contributed by atoms with van der Waals surface area (Å²) < 4.78 is 5.16. The van der Waals surface area contributed by atoms with E-state index >= 15 is 0 Å². The number of allylic oxidation sites excluding steroid dienone is 4. The van der Waals surface area contributed by atoms with Gasteiger partial charge >= 0.3 is 5.97 Å². The Morgan fingerprint density at radius 1 is 1.71 bits per heavy atom. The molecule has 0 heterocycles. The third-order valence-corrected chi connectivity index (χ3v) is 3.02. The molecule has 2 rings (SSSR count). The normalized spacial score (nSPS) is 31.8. The van der Waals surface area contributed by atoms with Crippen molar-refractivity contribution >= 4 is 5.97 Å². The lowest BCUT2D eigenvalue weighted by Gasteiger charge is -2.13. The zero-order valence-electron chi connectivity index (χ0n) is 8.32. The van der Waals surface area contributed by atoms with Gasteiger partial charge in [-0.15, -0.1) is 0 Å². The second-order valence-electron chi connectivity index (χ2n) is 3.80. The van der Waals surface area contributed by atoms with E-state index in [2.05, 4.69) is 25.7 Å². The van der Waals surface area contributed by atoms with E-state index in [0.29, 0.717) is 11.8 Å². The second-order valence-corrected chi connectivity index (χ2v) is 3.80. The standard InChI is InChI=1S/C12H14O2/c1-3-8-5-10-6-9(8)7-11(10)14-12(13)4-2/h3-4,7,9-10H,2,5-6H2,1H3. The maximum Gasteiger partial charge on any atom is 0.335 e. The van der Waals surface area contributed by atoms with Gasteiger partial charge in [0.2, 0.25) is 0 Å². The molecule has 2 nitrogen and oxygen atoms in total. The monoisotopic (exact) mass is 190 g/mol. The van der Waals surface area contributed by atoms with Crippen LogP contribution in [0.5, 0.6) is 0 Å². The molecule has 1 fully saturated rings. The van der Waals surface area contributed by atoms with E-state index in [4.69, 9.17) is 4.74 Å². The van der Waals surface area contributed by atoms with Gasteiger partial charge in [0.1, 0.15) is 5.76 Å². The molecule has 2 aliphatic carbocycles. The molecule has 2 bridgehead atoms. The highest BCUT2D eigenvalue weighted by Gasteiger charge is 2.37. The van der Waals surface area contributed by atoms with Crippen molar-refractivity contribution in [3.63, 3.8) is 0 Å². The van der Waals surface area contributed by atoms with E-state index < -0.39 is 0 Å². The number of fused-ring (bicyclic) bond motifs is 2. The SMILES string of the molecule is C=CC(=O)OC1=CC2CC1CC2=CC. The maximum atomic E-state index is 11.0. The van der Waals surface area contributed by atoms with Crippen LogP contribution >= 0.6 is 0 Å².